The quantitative estimate of drug-likeness (QED) is 0.783. The first kappa shape index (κ1) is 20.6. The monoisotopic (exact) mass is 392 g/mol. The summed E-state index contributed by atoms with van der Waals surface area (Å²) in [7, 11) is -0.632. The summed E-state index contributed by atoms with van der Waals surface area (Å²) in [6.45, 7) is 3.29. The van der Waals surface area contributed by atoms with Crippen molar-refractivity contribution in [2.75, 3.05) is 36.6 Å². The standard InChI is InChI=1S/C19H24N2O5S/c1-13-7-6-8-14(2)19(13)21(27(5,23)24)12-18(22)20-15-9-10-16(25-3)17(11-15)26-4/h6-11H,12H2,1-5H3,(H,20,22). The summed E-state index contributed by atoms with van der Waals surface area (Å²) in [6, 6.07) is 10.4. The summed E-state index contributed by atoms with van der Waals surface area (Å²) in [5.74, 6) is 0.532. The SMILES string of the molecule is COc1ccc(NC(=O)CN(c2c(C)cccc2C)S(C)(=O)=O)cc1OC. The second-order valence-corrected chi connectivity index (χ2v) is 8.03. The Bertz CT molecular complexity index is 921. The van der Waals surface area contributed by atoms with Crippen molar-refractivity contribution in [3.63, 3.8) is 0 Å². The lowest BCUT2D eigenvalue weighted by atomic mass is 10.1. The van der Waals surface area contributed by atoms with Crippen LogP contribution in [0.1, 0.15) is 11.1 Å². The number of sulfonamides is 1. The van der Waals surface area contributed by atoms with Crippen LogP contribution in [0.15, 0.2) is 36.4 Å². The van der Waals surface area contributed by atoms with Crippen LogP contribution < -0.4 is 19.1 Å². The number of carbonyl (C=O) groups is 1. The first-order valence-electron chi connectivity index (χ1n) is 8.23. The molecule has 8 heteroatoms. The molecule has 2 aromatic carbocycles. The molecule has 0 atom stereocenters. The maximum absolute atomic E-state index is 12.5. The number of anilines is 2. The van der Waals surface area contributed by atoms with Gasteiger partial charge in [-0.2, -0.15) is 0 Å². The van der Waals surface area contributed by atoms with Crippen molar-refractivity contribution < 1.29 is 22.7 Å². The molecule has 0 fully saturated rings. The molecule has 0 spiro atoms. The largest absolute Gasteiger partial charge is 0.493 e. The Kier molecular flexibility index (Phi) is 6.32. The zero-order chi connectivity index (χ0) is 20.2. The Labute approximate surface area is 160 Å². The molecule has 0 aliphatic heterocycles. The fraction of sp³-hybridized carbons (Fsp3) is 0.316. The summed E-state index contributed by atoms with van der Waals surface area (Å²) < 4.78 is 36.1. The predicted molar refractivity (Wildman–Crippen MR) is 106 cm³/mol. The van der Waals surface area contributed by atoms with Gasteiger partial charge in [0.05, 0.1) is 26.2 Å². The first-order chi connectivity index (χ1) is 12.7. The van der Waals surface area contributed by atoms with Gasteiger partial charge in [-0.05, 0) is 37.1 Å². The van der Waals surface area contributed by atoms with Crippen LogP contribution in [-0.4, -0.2) is 41.3 Å². The van der Waals surface area contributed by atoms with E-state index in [1.165, 1.54) is 14.2 Å². The van der Waals surface area contributed by atoms with Crippen LogP contribution in [-0.2, 0) is 14.8 Å². The van der Waals surface area contributed by atoms with Crippen molar-refractivity contribution in [2.45, 2.75) is 13.8 Å². The zero-order valence-electron chi connectivity index (χ0n) is 16.1. The van der Waals surface area contributed by atoms with Crippen LogP contribution in [0.2, 0.25) is 0 Å². The lowest BCUT2D eigenvalue weighted by Crippen LogP contribution is -2.38. The lowest BCUT2D eigenvalue weighted by molar-refractivity contribution is -0.114. The van der Waals surface area contributed by atoms with Crippen molar-refractivity contribution in [3.8, 4) is 11.5 Å². The molecule has 146 valence electrons. The number of hydrogen-bond donors (Lipinski definition) is 1. The van der Waals surface area contributed by atoms with Crippen molar-refractivity contribution in [1.29, 1.82) is 0 Å². The Hall–Kier alpha value is -2.74. The molecule has 2 aromatic rings. The van der Waals surface area contributed by atoms with E-state index in [4.69, 9.17) is 9.47 Å². The fourth-order valence-electron chi connectivity index (χ4n) is 2.81. The summed E-state index contributed by atoms with van der Waals surface area (Å²) in [5.41, 5.74) is 2.55. The first-order valence-corrected chi connectivity index (χ1v) is 10.1. The highest BCUT2D eigenvalue weighted by Gasteiger charge is 2.24. The zero-order valence-corrected chi connectivity index (χ0v) is 16.9. The van der Waals surface area contributed by atoms with Crippen molar-refractivity contribution >= 4 is 27.3 Å². The number of aryl methyl sites for hydroxylation is 2. The number of rotatable bonds is 7. The van der Waals surface area contributed by atoms with E-state index in [-0.39, 0.29) is 6.54 Å². The number of nitrogens with zero attached hydrogens (tertiary/aromatic N) is 1. The van der Waals surface area contributed by atoms with Gasteiger partial charge in [-0.1, -0.05) is 18.2 Å². The smallest absolute Gasteiger partial charge is 0.245 e. The summed E-state index contributed by atoms with van der Waals surface area (Å²) in [6.07, 6.45) is 1.09. The van der Waals surface area contributed by atoms with Crippen LogP contribution in [0.3, 0.4) is 0 Å². The van der Waals surface area contributed by atoms with Gasteiger partial charge in [0.1, 0.15) is 6.54 Å². The second kappa shape index (κ2) is 8.30. The minimum Gasteiger partial charge on any atom is -0.493 e. The van der Waals surface area contributed by atoms with Crippen molar-refractivity contribution in [1.82, 2.24) is 0 Å². The average molecular weight is 392 g/mol. The third-order valence-electron chi connectivity index (χ3n) is 4.04. The highest BCUT2D eigenvalue weighted by molar-refractivity contribution is 7.92. The minimum atomic E-state index is -3.65. The number of benzene rings is 2. The molecule has 1 N–H and O–H groups in total. The molecule has 0 aliphatic carbocycles. The number of carbonyl (C=O) groups excluding carboxylic acids is 1. The van der Waals surface area contributed by atoms with Gasteiger partial charge in [-0.25, -0.2) is 8.42 Å². The molecule has 27 heavy (non-hydrogen) atoms. The van der Waals surface area contributed by atoms with E-state index < -0.39 is 15.9 Å². The average Bonchev–Trinajstić information content (AvgIpc) is 2.59. The van der Waals surface area contributed by atoms with Crippen LogP contribution in [0.4, 0.5) is 11.4 Å². The molecule has 0 saturated heterocycles. The Balaban J connectivity index is 2.28. The molecule has 0 bridgehead atoms. The minimum absolute atomic E-state index is 0.334. The van der Waals surface area contributed by atoms with E-state index in [9.17, 15) is 13.2 Å². The number of methoxy groups -OCH3 is 2. The number of para-hydroxylation sites is 1. The van der Waals surface area contributed by atoms with Crippen molar-refractivity contribution in [2.24, 2.45) is 0 Å². The fourth-order valence-corrected chi connectivity index (χ4v) is 3.78. The summed E-state index contributed by atoms with van der Waals surface area (Å²) in [5, 5.41) is 2.70. The summed E-state index contributed by atoms with van der Waals surface area (Å²) in [4.78, 5) is 12.5. The normalized spacial score (nSPS) is 11.0. The number of nitrogens with one attached hydrogen (secondary N) is 1. The predicted octanol–water partition coefficient (Wildman–Crippen LogP) is 2.73. The molecule has 0 aromatic heterocycles. The van der Waals surface area contributed by atoms with E-state index in [1.807, 2.05) is 32.0 Å². The molecular weight excluding hydrogens is 368 g/mol. The second-order valence-electron chi connectivity index (χ2n) is 6.13. The van der Waals surface area contributed by atoms with E-state index in [0.717, 1.165) is 21.7 Å². The van der Waals surface area contributed by atoms with Gasteiger partial charge in [0, 0.05) is 11.8 Å². The topological polar surface area (TPSA) is 84.9 Å². The van der Waals surface area contributed by atoms with Gasteiger partial charge in [-0.15, -0.1) is 0 Å². The molecule has 0 heterocycles. The van der Waals surface area contributed by atoms with Crippen LogP contribution in [0, 0.1) is 13.8 Å². The van der Waals surface area contributed by atoms with E-state index in [0.29, 0.717) is 22.9 Å². The van der Waals surface area contributed by atoms with E-state index in [2.05, 4.69) is 5.32 Å². The molecule has 0 radical (unpaired) electrons. The third-order valence-corrected chi connectivity index (χ3v) is 5.16. The van der Waals surface area contributed by atoms with Gasteiger partial charge < -0.3 is 14.8 Å². The third kappa shape index (κ3) is 4.91. The maximum Gasteiger partial charge on any atom is 0.245 e. The van der Waals surface area contributed by atoms with Gasteiger partial charge in [-0.3, -0.25) is 9.10 Å². The van der Waals surface area contributed by atoms with Crippen LogP contribution in [0.25, 0.3) is 0 Å². The van der Waals surface area contributed by atoms with Gasteiger partial charge in [0.15, 0.2) is 11.5 Å². The molecule has 7 nitrogen and oxygen atoms in total. The lowest BCUT2D eigenvalue weighted by Gasteiger charge is -2.25. The molecule has 0 aliphatic rings. The Morgan fingerprint density at radius 3 is 2.15 bits per heavy atom. The molecule has 2 rings (SSSR count). The van der Waals surface area contributed by atoms with Gasteiger partial charge >= 0.3 is 0 Å². The maximum atomic E-state index is 12.5. The van der Waals surface area contributed by atoms with E-state index in [1.54, 1.807) is 18.2 Å². The Morgan fingerprint density at radius 1 is 1.04 bits per heavy atom. The molecule has 1 amide bonds. The van der Waals surface area contributed by atoms with E-state index >= 15 is 0 Å². The van der Waals surface area contributed by atoms with Gasteiger partial charge in [0.25, 0.3) is 0 Å². The van der Waals surface area contributed by atoms with Crippen LogP contribution in [0.5, 0.6) is 11.5 Å². The van der Waals surface area contributed by atoms with Gasteiger partial charge in [0.2, 0.25) is 15.9 Å². The highest BCUT2D eigenvalue weighted by Crippen LogP contribution is 2.30. The number of ether oxygens (including phenoxy) is 2. The van der Waals surface area contributed by atoms with Crippen LogP contribution >= 0.6 is 0 Å². The Morgan fingerprint density at radius 2 is 1.63 bits per heavy atom. The molecule has 0 unspecified atom stereocenters. The highest BCUT2D eigenvalue weighted by atomic mass is 32.2. The molecular formula is C19H24N2O5S. The van der Waals surface area contributed by atoms with Crippen molar-refractivity contribution in [3.05, 3.63) is 47.5 Å². The number of amides is 1. The summed E-state index contributed by atoms with van der Waals surface area (Å²) >= 11 is 0. The number of hydrogen-bond acceptors (Lipinski definition) is 5. The molecule has 0 saturated carbocycles.